The van der Waals surface area contributed by atoms with Crippen molar-refractivity contribution in [3.05, 3.63) is 12.2 Å². The number of carbonyl (C=O) groups is 2. The highest BCUT2D eigenvalue weighted by molar-refractivity contribution is 7.47. The molecule has 0 radical (unpaired) electrons. The normalized spacial score (nSPS) is 22.2. The minimum absolute atomic E-state index is 0.101. The van der Waals surface area contributed by atoms with Gasteiger partial charge in [0, 0.05) is 12.8 Å². The summed E-state index contributed by atoms with van der Waals surface area (Å²) in [5, 5.41) is 50.1. The Labute approximate surface area is 363 Å². The molecule has 1 saturated carbocycles. The van der Waals surface area contributed by atoms with E-state index in [9.17, 15) is 44.6 Å². The number of phosphoric acid groups is 1. The van der Waals surface area contributed by atoms with Gasteiger partial charge in [0.25, 0.3) is 0 Å². The van der Waals surface area contributed by atoms with Crippen LogP contribution in [0.1, 0.15) is 213 Å². The van der Waals surface area contributed by atoms with E-state index in [0.29, 0.717) is 12.8 Å². The van der Waals surface area contributed by atoms with Crippen molar-refractivity contribution in [1.82, 2.24) is 0 Å². The van der Waals surface area contributed by atoms with Gasteiger partial charge in [-0.25, -0.2) is 4.57 Å². The van der Waals surface area contributed by atoms with Crippen LogP contribution in [0.3, 0.4) is 0 Å². The van der Waals surface area contributed by atoms with E-state index in [4.69, 9.17) is 18.5 Å². The van der Waals surface area contributed by atoms with E-state index in [2.05, 4.69) is 26.0 Å². The minimum atomic E-state index is -5.11. The molecule has 8 atom stereocenters. The number of phosphoric ester groups is 1. The van der Waals surface area contributed by atoms with Crippen LogP contribution in [0.4, 0.5) is 0 Å². The van der Waals surface area contributed by atoms with Gasteiger partial charge < -0.3 is 39.9 Å². The Kier molecular flexibility index (Phi) is 34.9. The summed E-state index contributed by atoms with van der Waals surface area (Å²) >= 11 is 0. The van der Waals surface area contributed by atoms with Gasteiger partial charge in [-0.1, -0.05) is 174 Å². The summed E-state index contributed by atoms with van der Waals surface area (Å²) in [7, 11) is -5.11. The van der Waals surface area contributed by atoms with Crippen LogP contribution < -0.4 is 0 Å². The second-order valence-corrected chi connectivity index (χ2v) is 18.4. The lowest BCUT2D eigenvalue weighted by Crippen LogP contribution is -2.64. The van der Waals surface area contributed by atoms with Crippen molar-refractivity contribution in [2.75, 3.05) is 13.2 Å². The lowest BCUT2D eigenvalue weighted by Gasteiger charge is -2.41. The molecule has 6 N–H and O–H groups in total. The molecule has 0 spiro atoms. The number of rotatable bonds is 40. The molecule has 1 fully saturated rings. The van der Waals surface area contributed by atoms with Gasteiger partial charge in [0.05, 0.1) is 6.61 Å². The molecule has 0 bridgehead atoms. The first-order chi connectivity index (χ1) is 28.9. The Morgan fingerprint density at radius 3 is 1.30 bits per heavy atom. The molecule has 0 aromatic carbocycles. The molecule has 0 saturated heterocycles. The Balaban J connectivity index is 2.41. The van der Waals surface area contributed by atoms with Crippen molar-refractivity contribution in [1.29, 1.82) is 0 Å². The van der Waals surface area contributed by atoms with Crippen LogP contribution in [0.25, 0.3) is 0 Å². The van der Waals surface area contributed by atoms with Gasteiger partial charge in [-0.3, -0.25) is 18.6 Å². The van der Waals surface area contributed by atoms with Crippen LogP contribution >= 0.6 is 7.82 Å². The highest BCUT2D eigenvalue weighted by Gasteiger charge is 2.51. The van der Waals surface area contributed by atoms with Crippen molar-refractivity contribution in [2.24, 2.45) is 0 Å². The number of carbonyl (C=O) groups excluding carboxylic acids is 2. The zero-order chi connectivity index (χ0) is 44.3. The molecule has 0 amide bonds. The van der Waals surface area contributed by atoms with E-state index in [1.165, 1.54) is 116 Å². The number of unbranched alkanes of at least 4 members (excludes halogenated alkanes) is 26. The number of aliphatic hydroxyl groups is 5. The fourth-order valence-electron chi connectivity index (χ4n) is 7.46. The van der Waals surface area contributed by atoms with Crippen LogP contribution in [-0.4, -0.2) is 98.3 Å². The molecule has 13 nitrogen and oxygen atoms in total. The summed E-state index contributed by atoms with van der Waals surface area (Å²) < 4.78 is 33.5. The fourth-order valence-corrected chi connectivity index (χ4v) is 8.43. The van der Waals surface area contributed by atoms with Gasteiger partial charge in [-0.15, -0.1) is 0 Å². The molecule has 354 valence electrons. The van der Waals surface area contributed by atoms with Crippen molar-refractivity contribution in [3.8, 4) is 0 Å². The molecule has 0 aromatic rings. The van der Waals surface area contributed by atoms with E-state index in [0.717, 1.165) is 57.8 Å². The van der Waals surface area contributed by atoms with E-state index >= 15 is 0 Å². The Morgan fingerprint density at radius 2 is 0.850 bits per heavy atom. The standard InChI is InChI=1S/C46H87O13P/c1-3-5-7-9-11-13-15-17-18-19-20-21-22-23-25-27-29-31-33-35-40(48)58-38(36-56-39(47)34-32-30-28-26-24-16-14-12-10-8-6-4-2)37-57-60(54,55)59-46-44(52)42(50)41(49)43(51)45(46)53/h12,14,38,41-46,49-53H,3-11,13,15-37H2,1-2H3,(H,54,55)/b14-12-/t38-,41?,42-,43?,44?,45?,46?/m1/s1. The van der Waals surface area contributed by atoms with Gasteiger partial charge in [0.15, 0.2) is 6.10 Å². The number of hydrogen-bond donors (Lipinski definition) is 6. The zero-order valence-corrected chi connectivity index (χ0v) is 38.4. The van der Waals surface area contributed by atoms with Crippen LogP contribution in [0.2, 0.25) is 0 Å². The maximum absolute atomic E-state index is 12.8. The van der Waals surface area contributed by atoms with Crippen molar-refractivity contribution in [2.45, 2.75) is 256 Å². The van der Waals surface area contributed by atoms with Gasteiger partial charge in [-0.2, -0.15) is 0 Å². The van der Waals surface area contributed by atoms with Crippen LogP contribution in [0, 0.1) is 0 Å². The highest BCUT2D eigenvalue weighted by atomic mass is 31.2. The number of allylic oxidation sites excluding steroid dienone is 2. The third-order valence-electron chi connectivity index (χ3n) is 11.4. The molecular weight excluding hydrogens is 791 g/mol. The SMILES string of the molecule is CCCCC/C=C\CCCCCCCC(=O)OC[C@H](COP(=O)(O)OC1C(O)C(O)C(O)[C@@H](O)C1O)OC(=O)CCCCCCCCCCCCCCCCCCCCC. The smallest absolute Gasteiger partial charge is 0.462 e. The van der Waals surface area contributed by atoms with Crippen molar-refractivity contribution in [3.63, 3.8) is 0 Å². The van der Waals surface area contributed by atoms with Crippen LogP contribution in [0.15, 0.2) is 12.2 Å². The second kappa shape index (κ2) is 37.0. The van der Waals surface area contributed by atoms with E-state index < -0.39 is 75.7 Å². The Bertz CT molecular complexity index is 1110. The molecule has 0 aliphatic heterocycles. The Morgan fingerprint density at radius 1 is 0.500 bits per heavy atom. The summed E-state index contributed by atoms with van der Waals surface area (Å²) in [5.41, 5.74) is 0. The molecular formula is C46H87O13P. The second-order valence-electron chi connectivity index (χ2n) is 17.0. The van der Waals surface area contributed by atoms with Gasteiger partial charge in [0.2, 0.25) is 0 Å². The predicted molar refractivity (Wildman–Crippen MR) is 235 cm³/mol. The fraction of sp³-hybridized carbons (Fsp3) is 0.913. The third kappa shape index (κ3) is 29.0. The van der Waals surface area contributed by atoms with E-state index in [-0.39, 0.29) is 12.8 Å². The maximum atomic E-state index is 12.8. The summed E-state index contributed by atoms with van der Waals surface area (Å²) in [5.74, 6) is -1.10. The number of ether oxygens (including phenoxy) is 2. The van der Waals surface area contributed by atoms with Gasteiger partial charge in [-0.05, 0) is 38.5 Å². The van der Waals surface area contributed by atoms with E-state index in [1.807, 2.05) is 0 Å². The first kappa shape index (κ1) is 56.6. The average Bonchev–Trinajstić information content (AvgIpc) is 3.23. The number of aliphatic hydroxyl groups excluding tert-OH is 5. The van der Waals surface area contributed by atoms with Crippen molar-refractivity contribution < 1.29 is 63.1 Å². The lowest BCUT2D eigenvalue weighted by molar-refractivity contribution is -0.220. The molecule has 1 rings (SSSR count). The topological polar surface area (TPSA) is 210 Å². The van der Waals surface area contributed by atoms with Crippen LogP contribution in [0.5, 0.6) is 0 Å². The molecule has 14 heteroatoms. The first-order valence-electron chi connectivity index (χ1n) is 24.0. The summed E-state index contributed by atoms with van der Waals surface area (Å²) in [6.07, 6.45) is 25.6. The molecule has 0 aromatic heterocycles. The molecule has 60 heavy (non-hydrogen) atoms. The first-order valence-corrected chi connectivity index (χ1v) is 25.5. The molecule has 1 aliphatic rings. The minimum Gasteiger partial charge on any atom is -0.462 e. The highest BCUT2D eigenvalue weighted by Crippen LogP contribution is 2.47. The van der Waals surface area contributed by atoms with Gasteiger partial charge >= 0.3 is 19.8 Å². The molecule has 6 unspecified atom stereocenters. The third-order valence-corrected chi connectivity index (χ3v) is 12.3. The average molecular weight is 879 g/mol. The van der Waals surface area contributed by atoms with Crippen molar-refractivity contribution >= 4 is 19.8 Å². The maximum Gasteiger partial charge on any atom is 0.472 e. The number of esters is 2. The molecule has 0 heterocycles. The van der Waals surface area contributed by atoms with Crippen LogP contribution in [-0.2, 0) is 32.7 Å². The summed E-state index contributed by atoms with van der Waals surface area (Å²) in [6.45, 7) is 3.29. The monoisotopic (exact) mass is 879 g/mol. The largest absolute Gasteiger partial charge is 0.472 e. The quantitative estimate of drug-likeness (QED) is 0.0147. The predicted octanol–water partition coefficient (Wildman–Crippen LogP) is 9.45. The summed E-state index contributed by atoms with van der Waals surface area (Å²) in [4.78, 5) is 35.7. The Hall–Kier alpha value is -1.41. The molecule has 1 aliphatic carbocycles. The van der Waals surface area contributed by atoms with E-state index in [1.54, 1.807) is 0 Å². The van der Waals surface area contributed by atoms with Gasteiger partial charge in [0.1, 0.15) is 43.2 Å². The number of hydrogen-bond acceptors (Lipinski definition) is 12. The summed E-state index contributed by atoms with van der Waals surface area (Å²) in [6, 6.07) is 0. The lowest BCUT2D eigenvalue weighted by atomic mass is 9.85. The zero-order valence-electron chi connectivity index (χ0n) is 37.5.